The number of ether oxygens (including phenoxy) is 1. The lowest BCUT2D eigenvalue weighted by Gasteiger charge is -2.28. The molecule has 0 bridgehead atoms. The van der Waals surface area contributed by atoms with Crippen molar-refractivity contribution in [2.24, 2.45) is 5.41 Å². The van der Waals surface area contributed by atoms with Crippen molar-refractivity contribution in [1.82, 2.24) is 0 Å². The van der Waals surface area contributed by atoms with Gasteiger partial charge in [-0.3, -0.25) is 0 Å². The Bertz CT molecular complexity index is 358. The normalized spacial score (nSPS) is 16.6. The number of hydrogen-bond acceptors (Lipinski definition) is 1. The van der Waals surface area contributed by atoms with Crippen LogP contribution >= 0.6 is 0 Å². The maximum atomic E-state index is 5.97. The topological polar surface area (TPSA) is 9.23 Å². The average Bonchev–Trinajstić information content (AvgIpc) is 2.16. The van der Waals surface area contributed by atoms with Crippen molar-refractivity contribution >= 4 is 0 Å². The lowest BCUT2D eigenvalue weighted by atomic mass is 9.80. The van der Waals surface area contributed by atoms with Gasteiger partial charge < -0.3 is 4.74 Å². The van der Waals surface area contributed by atoms with E-state index in [1.54, 1.807) is 0 Å². The Balaban J connectivity index is 1.95. The van der Waals surface area contributed by atoms with E-state index in [1.165, 1.54) is 24.8 Å². The summed E-state index contributed by atoms with van der Waals surface area (Å²) in [6, 6.07) is 8.56. The van der Waals surface area contributed by atoms with Crippen molar-refractivity contribution in [1.29, 1.82) is 0 Å². The zero-order chi connectivity index (χ0) is 12.3. The summed E-state index contributed by atoms with van der Waals surface area (Å²) in [6.07, 6.45) is 5.15. The van der Waals surface area contributed by atoms with Crippen LogP contribution in [0.5, 0.6) is 5.75 Å². The fourth-order valence-electron chi connectivity index (χ4n) is 2.14. The number of benzene rings is 1. The van der Waals surface area contributed by atoms with E-state index in [1.807, 2.05) is 0 Å². The van der Waals surface area contributed by atoms with E-state index in [0.29, 0.717) is 5.41 Å². The van der Waals surface area contributed by atoms with Gasteiger partial charge in [-0.25, -0.2) is 0 Å². The molecular weight excluding hydrogens is 208 g/mol. The van der Waals surface area contributed by atoms with Crippen LogP contribution < -0.4 is 4.74 Å². The molecule has 0 atom stereocenters. The Kier molecular flexibility index (Phi) is 3.76. The van der Waals surface area contributed by atoms with E-state index >= 15 is 0 Å². The molecule has 0 unspecified atom stereocenters. The Hall–Kier alpha value is -0.980. The first-order valence-electron chi connectivity index (χ1n) is 6.78. The van der Waals surface area contributed by atoms with E-state index in [4.69, 9.17) is 4.74 Å². The van der Waals surface area contributed by atoms with Crippen molar-refractivity contribution in [2.75, 3.05) is 6.61 Å². The first kappa shape index (κ1) is 12.5. The van der Waals surface area contributed by atoms with Crippen LogP contribution in [0.2, 0.25) is 0 Å². The molecule has 94 valence electrons. The summed E-state index contributed by atoms with van der Waals surface area (Å²) in [5, 5.41) is 0. The zero-order valence-corrected chi connectivity index (χ0v) is 11.3. The van der Waals surface area contributed by atoms with Crippen molar-refractivity contribution in [2.45, 2.75) is 52.4 Å². The molecule has 0 aromatic heterocycles. The lowest BCUT2D eigenvalue weighted by molar-refractivity contribution is 0.238. The lowest BCUT2D eigenvalue weighted by Crippen LogP contribution is -2.14. The second kappa shape index (κ2) is 5.12. The van der Waals surface area contributed by atoms with E-state index in [9.17, 15) is 0 Å². The van der Waals surface area contributed by atoms with Gasteiger partial charge in [0.15, 0.2) is 0 Å². The summed E-state index contributed by atoms with van der Waals surface area (Å²) in [7, 11) is 0. The minimum atomic E-state index is 0.353. The van der Waals surface area contributed by atoms with Gasteiger partial charge in [0.25, 0.3) is 0 Å². The Morgan fingerprint density at radius 2 is 1.88 bits per heavy atom. The molecule has 0 radical (unpaired) electrons. The highest BCUT2D eigenvalue weighted by Crippen LogP contribution is 2.40. The molecule has 0 N–H and O–H groups in total. The van der Waals surface area contributed by atoms with E-state index in [-0.39, 0.29) is 0 Å². The molecule has 1 aromatic rings. The van der Waals surface area contributed by atoms with Crippen LogP contribution in [0.1, 0.15) is 57.9 Å². The molecule has 1 aliphatic rings. The maximum Gasteiger partial charge on any atom is 0.122 e. The Labute approximate surface area is 105 Å². The largest absolute Gasteiger partial charge is 0.493 e. The molecule has 1 saturated carbocycles. The fourth-order valence-corrected chi connectivity index (χ4v) is 2.14. The molecule has 17 heavy (non-hydrogen) atoms. The smallest absolute Gasteiger partial charge is 0.122 e. The molecule has 1 aliphatic carbocycles. The van der Waals surface area contributed by atoms with Crippen molar-refractivity contribution in [3.8, 4) is 5.75 Å². The highest BCUT2D eigenvalue weighted by Gasteiger charge is 2.22. The Morgan fingerprint density at radius 3 is 2.47 bits per heavy atom. The minimum Gasteiger partial charge on any atom is -0.493 e. The summed E-state index contributed by atoms with van der Waals surface area (Å²) in [5.74, 6) is 1.86. The zero-order valence-electron chi connectivity index (χ0n) is 11.3. The number of hydrogen-bond donors (Lipinski definition) is 0. The van der Waals surface area contributed by atoms with Crippen LogP contribution in [0.25, 0.3) is 0 Å². The van der Waals surface area contributed by atoms with Crippen LogP contribution in [0.3, 0.4) is 0 Å². The van der Waals surface area contributed by atoms with Gasteiger partial charge in [-0.2, -0.15) is 0 Å². The Morgan fingerprint density at radius 1 is 1.18 bits per heavy atom. The minimum absolute atomic E-state index is 0.353. The number of para-hydroxylation sites is 1. The van der Waals surface area contributed by atoms with Gasteiger partial charge in [0.2, 0.25) is 0 Å². The standard InChI is InChI=1S/C16H24O/c1-16(2,3)11-12-17-15-10-5-4-9-14(15)13-7-6-8-13/h4-5,9-10,13H,6-8,11-12H2,1-3H3. The second-order valence-corrected chi connectivity index (χ2v) is 6.32. The molecule has 2 rings (SSSR count). The van der Waals surface area contributed by atoms with Gasteiger partial charge in [-0.05, 0) is 42.2 Å². The van der Waals surface area contributed by atoms with E-state index < -0.39 is 0 Å². The predicted octanol–water partition coefficient (Wildman–Crippen LogP) is 4.77. The summed E-state index contributed by atoms with van der Waals surface area (Å²) < 4.78 is 5.97. The van der Waals surface area contributed by atoms with Crippen LogP contribution in [0.15, 0.2) is 24.3 Å². The molecule has 0 amide bonds. The molecule has 1 nitrogen and oxygen atoms in total. The maximum absolute atomic E-state index is 5.97. The second-order valence-electron chi connectivity index (χ2n) is 6.32. The third-order valence-corrected chi connectivity index (χ3v) is 3.57. The fraction of sp³-hybridized carbons (Fsp3) is 0.625. The van der Waals surface area contributed by atoms with Crippen LogP contribution in [-0.4, -0.2) is 6.61 Å². The van der Waals surface area contributed by atoms with Gasteiger partial charge in [0.1, 0.15) is 5.75 Å². The summed E-state index contributed by atoms with van der Waals surface area (Å²) in [5.41, 5.74) is 1.78. The van der Waals surface area contributed by atoms with Gasteiger partial charge in [0, 0.05) is 0 Å². The highest BCUT2D eigenvalue weighted by molar-refractivity contribution is 5.37. The summed E-state index contributed by atoms with van der Waals surface area (Å²) in [4.78, 5) is 0. The first-order chi connectivity index (χ1) is 8.06. The number of rotatable bonds is 4. The molecule has 0 heterocycles. The quantitative estimate of drug-likeness (QED) is 0.726. The van der Waals surface area contributed by atoms with Crippen molar-refractivity contribution in [3.05, 3.63) is 29.8 Å². The molecule has 0 saturated heterocycles. The third-order valence-electron chi connectivity index (χ3n) is 3.57. The highest BCUT2D eigenvalue weighted by atomic mass is 16.5. The van der Waals surface area contributed by atoms with Gasteiger partial charge in [-0.15, -0.1) is 0 Å². The van der Waals surface area contributed by atoms with Crippen LogP contribution in [-0.2, 0) is 0 Å². The summed E-state index contributed by atoms with van der Waals surface area (Å²) >= 11 is 0. The van der Waals surface area contributed by atoms with Crippen molar-refractivity contribution in [3.63, 3.8) is 0 Å². The molecule has 0 spiro atoms. The molecule has 1 fully saturated rings. The molecule has 1 aromatic carbocycles. The summed E-state index contributed by atoms with van der Waals surface area (Å²) in [6.45, 7) is 7.60. The average molecular weight is 232 g/mol. The predicted molar refractivity (Wildman–Crippen MR) is 72.6 cm³/mol. The van der Waals surface area contributed by atoms with Gasteiger partial charge in [0.05, 0.1) is 6.61 Å². The molecular formula is C16H24O. The van der Waals surface area contributed by atoms with Crippen molar-refractivity contribution < 1.29 is 4.74 Å². The molecule has 0 aliphatic heterocycles. The van der Waals surface area contributed by atoms with E-state index in [0.717, 1.165) is 24.7 Å². The van der Waals surface area contributed by atoms with Crippen LogP contribution in [0, 0.1) is 5.41 Å². The monoisotopic (exact) mass is 232 g/mol. The first-order valence-corrected chi connectivity index (χ1v) is 6.78. The van der Waals surface area contributed by atoms with Crippen LogP contribution in [0.4, 0.5) is 0 Å². The van der Waals surface area contributed by atoms with Gasteiger partial charge in [-0.1, -0.05) is 45.4 Å². The molecule has 1 heteroatoms. The third kappa shape index (κ3) is 3.49. The van der Waals surface area contributed by atoms with Gasteiger partial charge >= 0.3 is 0 Å². The van der Waals surface area contributed by atoms with E-state index in [2.05, 4.69) is 45.0 Å². The SMILES string of the molecule is CC(C)(C)CCOc1ccccc1C1CCC1.